The van der Waals surface area contributed by atoms with Crippen molar-refractivity contribution in [1.82, 2.24) is 0 Å². The maximum absolute atomic E-state index is 9.46. The molecule has 0 bridgehead atoms. The third kappa shape index (κ3) is 35.8. The van der Waals surface area contributed by atoms with Crippen LogP contribution in [0.3, 0.4) is 0 Å². The number of ether oxygens (including phenoxy) is 1. The van der Waals surface area contributed by atoms with Crippen LogP contribution in [0.15, 0.2) is 0 Å². The Morgan fingerprint density at radius 3 is 1.24 bits per heavy atom. The van der Waals surface area contributed by atoms with Crippen LogP contribution in [0.2, 0.25) is 0 Å². The van der Waals surface area contributed by atoms with Crippen molar-refractivity contribution in [3.8, 4) is 0 Å². The van der Waals surface area contributed by atoms with Crippen LogP contribution in [0, 0.1) is 22.2 Å². The fourth-order valence-electron chi connectivity index (χ4n) is 1.61. The highest BCUT2D eigenvalue weighted by molar-refractivity contribution is 4.69. The van der Waals surface area contributed by atoms with Gasteiger partial charge in [0.25, 0.3) is 0 Å². The third-order valence-electron chi connectivity index (χ3n) is 3.51. The fraction of sp³-hybridized carbons (Fsp3) is 1.00. The van der Waals surface area contributed by atoms with E-state index in [1.807, 2.05) is 0 Å². The summed E-state index contributed by atoms with van der Waals surface area (Å²) in [5.41, 5.74) is 0.981. The minimum atomic E-state index is -0.139. The van der Waals surface area contributed by atoms with Crippen LogP contribution in [0.25, 0.3) is 0 Å². The van der Waals surface area contributed by atoms with E-state index in [4.69, 9.17) is 9.84 Å². The minimum Gasteiger partial charge on any atom is -0.396 e. The van der Waals surface area contributed by atoms with Gasteiger partial charge in [-0.25, -0.2) is 0 Å². The van der Waals surface area contributed by atoms with Crippen molar-refractivity contribution in [2.45, 2.75) is 102 Å². The van der Waals surface area contributed by atoms with Crippen molar-refractivity contribution in [2.24, 2.45) is 22.2 Å². The molecule has 0 aliphatic heterocycles. The van der Waals surface area contributed by atoms with Crippen molar-refractivity contribution in [3.63, 3.8) is 0 Å². The van der Waals surface area contributed by atoms with Crippen LogP contribution >= 0.6 is 0 Å². The summed E-state index contributed by atoms with van der Waals surface area (Å²) in [6.07, 6.45) is 2.79. The Hall–Kier alpha value is -0.120. The monoisotopic (exact) mass is 362 g/mol. The van der Waals surface area contributed by atoms with E-state index in [2.05, 4.69) is 76.2 Å². The van der Waals surface area contributed by atoms with Crippen molar-refractivity contribution < 1.29 is 14.9 Å². The molecule has 0 aromatic carbocycles. The standard InChI is InChI=1S/C9H20O.C7H16O.C6H14O/c1-7(2)8(10)6-9(3,4)5;1-7(2,3)5-6-8-4;1-6(2,3)4-5-7/h7-8,10H,6H2,1-5H3;5-6H2,1-4H3;7H,4-5H2,1-3H3. The molecule has 1 unspecified atom stereocenters. The molecule has 0 aromatic heterocycles. The molecule has 3 heteroatoms. The Kier molecular flexibility index (Phi) is 16.6. The van der Waals surface area contributed by atoms with E-state index in [0.29, 0.717) is 23.4 Å². The second-order valence-electron chi connectivity index (χ2n) is 10.9. The Morgan fingerprint density at radius 1 is 0.760 bits per heavy atom. The zero-order chi connectivity index (χ0) is 20.9. The van der Waals surface area contributed by atoms with Crippen LogP contribution in [0.4, 0.5) is 0 Å². The zero-order valence-corrected chi connectivity index (χ0v) is 19.5. The lowest BCUT2D eigenvalue weighted by atomic mass is 9.86. The number of hydrogen-bond donors (Lipinski definition) is 2. The molecule has 0 saturated carbocycles. The fourth-order valence-corrected chi connectivity index (χ4v) is 1.61. The normalized spacial score (nSPS) is 13.6. The predicted octanol–water partition coefficient (Wildman–Crippen LogP) is 5.92. The van der Waals surface area contributed by atoms with Gasteiger partial charge >= 0.3 is 0 Å². The first-order valence-electron chi connectivity index (χ1n) is 9.73. The van der Waals surface area contributed by atoms with Gasteiger partial charge in [0.05, 0.1) is 6.10 Å². The summed E-state index contributed by atoms with van der Waals surface area (Å²) < 4.78 is 4.92. The second kappa shape index (κ2) is 14.0. The molecule has 0 saturated heterocycles. The number of aliphatic hydroxyl groups excluding tert-OH is 2. The van der Waals surface area contributed by atoms with Gasteiger partial charge in [-0.2, -0.15) is 0 Å². The molecular weight excluding hydrogens is 312 g/mol. The highest BCUT2D eigenvalue weighted by atomic mass is 16.5. The average Bonchev–Trinajstić information content (AvgIpc) is 2.33. The van der Waals surface area contributed by atoms with Crippen LogP contribution < -0.4 is 0 Å². The van der Waals surface area contributed by atoms with Gasteiger partial charge in [0, 0.05) is 20.3 Å². The molecular formula is C22H50O3. The summed E-state index contributed by atoms with van der Waals surface area (Å²) in [4.78, 5) is 0. The first kappa shape index (κ1) is 29.6. The predicted molar refractivity (Wildman–Crippen MR) is 112 cm³/mol. The molecule has 3 nitrogen and oxygen atoms in total. The largest absolute Gasteiger partial charge is 0.396 e. The molecule has 25 heavy (non-hydrogen) atoms. The van der Waals surface area contributed by atoms with Gasteiger partial charge in [-0.05, 0) is 41.4 Å². The molecule has 0 aliphatic rings. The number of methoxy groups -OCH3 is 1. The van der Waals surface area contributed by atoms with E-state index >= 15 is 0 Å². The number of aliphatic hydroxyl groups is 2. The van der Waals surface area contributed by atoms with Gasteiger partial charge in [-0.15, -0.1) is 0 Å². The molecule has 0 rings (SSSR count). The zero-order valence-electron chi connectivity index (χ0n) is 19.5. The SMILES string of the molecule is CC(C)(C)CCO.CC(C)C(O)CC(C)(C)C.COCCC(C)(C)C. The maximum Gasteiger partial charge on any atom is 0.0568 e. The molecule has 2 N–H and O–H groups in total. The van der Waals surface area contributed by atoms with E-state index in [0.717, 1.165) is 25.9 Å². The van der Waals surface area contributed by atoms with Crippen LogP contribution in [0.5, 0.6) is 0 Å². The molecule has 0 aromatic rings. The molecule has 0 amide bonds. The number of rotatable bonds is 5. The summed E-state index contributed by atoms with van der Waals surface area (Å²) in [5, 5.41) is 17.9. The quantitative estimate of drug-likeness (QED) is 0.638. The topological polar surface area (TPSA) is 49.7 Å². The van der Waals surface area contributed by atoms with Crippen LogP contribution in [-0.4, -0.2) is 36.6 Å². The highest BCUT2D eigenvalue weighted by Crippen LogP contribution is 2.23. The van der Waals surface area contributed by atoms with Crippen molar-refractivity contribution in [2.75, 3.05) is 20.3 Å². The lowest BCUT2D eigenvalue weighted by Gasteiger charge is -2.24. The number of hydrogen-bond acceptors (Lipinski definition) is 3. The van der Waals surface area contributed by atoms with Gasteiger partial charge < -0.3 is 14.9 Å². The molecule has 1 atom stereocenters. The Bertz CT molecular complexity index is 277. The lowest BCUT2D eigenvalue weighted by Crippen LogP contribution is -2.22. The van der Waals surface area contributed by atoms with Gasteiger partial charge in [0.2, 0.25) is 0 Å². The summed E-state index contributed by atoms with van der Waals surface area (Å²) in [5.74, 6) is 0.388. The first-order chi connectivity index (χ1) is 10.9. The molecule has 0 spiro atoms. The van der Waals surface area contributed by atoms with E-state index < -0.39 is 0 Å². The summed E-state index contributed by atoms with van der Waals surface area (Å²) in [6.45, 7) is 24.7. The maximum atomic E-state index is 9.46. The Balaban J connectivity index is -0.000000296. The van der Waals surface area contributed by atoms with Gasteiger partial charge in [-0.1, -0.05) is 76.2 Å². The average molecular weight is 363 g/mol. The summed E-state index contributed by atoms with van der Waals surface area (Å²) in [7, 11) is 1.74. The van der Waals surface area contributed by atoms with Gasteiger partial charge in [-0.3, -0.25) is 0 Å². The van der Waals surface area contributed by atoms with Crippen molar-refractivity contribution >= 4 is 0 Å². The van der Waals surface area contributed by atoms with E-state index in [9.17, 15) is 5.11 Å². The van der Waals surface area contributed by atoms with Crippen LogP contribution in [-0.2, 0) is 4.74 Å². The van der Waals surface area contributed by atoms with Gasteiger partial charge in [0.15, 0.2) is 0 Å². The molecule has 0 fully saturated rings. The van der Waals surface area contributed by atoms with Crippen molar-refractivity contribution in [3.05, 3.63) is 0 Å². The minimum absolute atomic E-state index is 0.139. The molecule has 0 aliphatic carbocycles. The smallest absolute Gasteiger partial charge is 0.0568 e. The summed E-state index contributed by atoms with van der Waals surface area (Å²) in [6, 6.07) is 0. The lowest BCUT2D eigenvalue weighted by molar-refractivity contribution is 0.0803. The van der Waals surface area contributed by atoms with Crippen molar-refractivity contribution in [1.29, 1.82) is 0 Å². The van der Waals surface area contributed by atoms with E-state index in [1.54, 1.807) is 7.11 Å². The van der Waals surface area contributed by atoms with Crippen LogP contribution in [0.1, 0.15) is 95.4 Å². The second-order valence-corrected chi connectivity index (χ2v) is 10.9. The Labute approximate surface area is 159 Å². The summed E-state index contributed by atoms with van der Waals surface area (Å²) >= 11 is 0. The van der Waals surface area contributed by atoms with Gasteiger partial charge in [0.1, 0.15) is 0 Å². The molecule has 0 heterocycles. The first-order valence-corrected chi connectivity index (χ1v) is 9.73. The molecule has 0 radical (unpaired) electrons. The third-order valence-corrected chi connectivity index (χ3v) is 3.51. The van der Waals surface area contributed by atoms with E-state index in [1.165, 1.54) is 0 Å². The highest BCUT2D eigenvalue weighted by Gasteiger charge is 2.18. The molecule has 156 valence electrons. The Morgan fingerprint density at radius 2 is 1.16 bits per heavy atom. The van der Waals surface area contributed by atoms with E-state index in [-0.39, 0.29) is 11.5 Å².